The first-order chi connectivity index (χ1) is 12.8. The molecule has 2 nitrogen and oxygen atoms in total. The van der Waals surface area contributed by atoms with Gasteiger partial charge in [-0.15, -0.1) is 0 Å². The smallest absolute Gasteiger partial charge is 0.332 e. The van der Waals surface area contributed by atoms with Gasteiger partial charge < -0.3 is 9.47 Å². The molecular formula is C20H25BrF4O2. The zero-order chi connectivity index (χ0) is 19.6. The first-order valence-corrected chi connectivity index (χ1v) is 10.4. The maximum absolute atomic E-state index is 14.0. The minimum Gasteiger partial charge on any atom is -0.352 e. The van der Waals surface area contributed by atoms with Crippen LogP contribution in [0.25, 0.3) is 0 Å². The number of halogens is 5. The van der Waals surface area contributed by atoms with Gasteiger partial charge in [0.2, 0.25) is 0 Å². The molecule has 1 aliphatic carbocycles. The summed E-state index contributed by atoms with van der Waals surface area (Å²) in [5.41, 5.74) is -0.789. The van der Waals surface area contributed by atoms with E-state index in [1.165, 1.54) is 0 Å². The topological polar surface area (TPSA) is 18.5 Å². The first-order valence-electron chi connectivity index (χ1n) is 9.59. The molecule has 27 heavy (non-hydrogen) atoms. The highest BCUT2D eigenvalue weighted by molar-refractivity contribution is 9.09. The van der Waals surface area contributed by atoms with E-state index in [-0.39, 0.29) is 18.1 Å². The molecular weight excluding hydrogens is 428 g/mol. The van der Waals surface area contributed by atoms with Crippen molar-refractivity contribution < 1.29 is 27.0 Å². The van der Waals surface area contributed by atoms with Gasteiger partial charge in [-0.05, 0) is 71.6 Å². The van der Waals surface area contributed by atoms with E-state index in [0.29, 0.717) is 11.5 Å². The van der Waals surface area contributed by atoms with Crippen LogP contribution in [0.4, 0.5) is 17.6 Å². The fourth-order valence-electron chi connectivity index (χ4n) is 4.23. The van der Waals surface area contributed by atoms with Crippen molar-refractivity contribution in [1.29, 1.82) is 0 Å². The molecule has 152 valence electrons. The molecule has 0 radical (unpaired) electrons. The number of hydrogen-bond donors (Lipinski definition) is 0. The van der Waals surface area contributed by atoms with Crippen LogP contribution in [-0.4, -0.2) is 19.5 Å². The summed E-state index contributed by atoms with van der Waals surface area (Å²) < 4.78 is 66.4. The van der Waals surface area contributed by atoms with Crippen LogP contribution < -0.4 is 0 Å². The molecule has 0 unspecified atom stereocenters. The van der Waals surface area contributed by atoms with Crippen molar-refractivity contribution in [1.82, 2.24) is 0 Å². The van der Waals surface area contributed by atoms with Crippen molar-refractivity contribution in [2.45, 2.75) is 62.5 Å². The molecule has 0 N–H and O–H groups in total. The van der Waals surface area contributed by atoms with Crippen LogP contribution in [0.3, 0.4) is 0 Å². The standard InChI is InChI=1S/C20H25BrF4O2/c1-2-3-12-10-26-19(27-11-12)14-6-4-13(5-7-14)15-8-16(22)18(17(23)9-15)20(21,24)25/h8-9,12-14,19H,2-7,10-11H2,1H3. The van der Waals surface area contributed by atoms with Gasteiger partial charge in [0.15, 0.2) is 6.29 Å². The fraction of sp³-hybridized carbons (Fsp3) is 0.700. The van der Waals surface area contributed by atoms with Gasteiger partial charge >= 0.3 is 4.83 Å². The molecule has 3 rings (SSSR count). The van der Waals surface area contributed by atoms with E-state index >= 15 is 0 Å². The summed E-state index contributed by atoms with van der Waals surface area (Å²) in [5, 5.41) is 0. The summed E-state index contributed by atoms with van der Waals surface area (Å²) in [6, 6.07) is 2.09. The predicted molar refractivity (Wildman–Crippen MR) is 98.0 cm³/mol. The van der Waals surface area contributed by atoms with Crippen molar-refractivity contribution in [2.24, 2.45) is 11.8 Å². The number of hydrogen-bond acceptors (Lipinski definition) is 2. The Hall–Kier alpha value is -0.660. The first kappa shape index (κ1) is 21.1. The molecule has 0 bridgehead atoms. The Morgan fingerprint density at radius 1 is 1.04 bits per heavy atom. The number of ether oxygens (including phenoxy) is 2. The van der Waals surface area contributed by atoms with E-state index in [1.54, 1.807) is 0 Å². The van der Waals surface area contributed by atoms with Crippen LogP contribution >= 0.6 is 15.9 Å². The molecule has 2 fully saturated rings. The lowest BCUT2D eigenvalue weighted by atomic mass is 9.78. The minimum atomic E-state index is -3.72. The molecule has 0 amide bonds. The molecule has 1 saturated heterocycles. The Kier molecular flexibility index (Phi) is 6.85. The third kappa shape index (κ3) is 5.04. The highest BCUT2D eigenvalue weighted by Crippen LogP contribution is 2.42. The third-order valence-corrected chi connectivity index (χ3v) is 6.06. The lowest BCUT2D eigenvalue weighted by molar-refractivity contribution is -0.229. The van der Waals surface area contributed by atoms with Crippen LogP contribution in [0.15, 0.2) is 12.1 Å². The monoisotopic (exact) mass is 452 g/mol. The van der Waals surface area contributed by atoms with E-state index < -0.39 is 22.0 Å². The molecule has 1 heterocycles. The largest absolute Gasteiger partial charge is 0.352 e. The quantitative estimate of drug-likeness (QED) is 0.376. The second-order valence-electron chi connectivity index (χ2n) is 7.66. The van der Waals surface area contributed by atoms with E-state index in [1.807, 2.05) is 15.9 Å². The Balaban J connectivity index is 1.58. The van der Waals surface area contributed by atoms with Crippen molar-refractivity contribution >= 4 is 15.9 Å². The normalized spacial score (nSPS) is 29.7. The molecule has 1 aromatic rings. The Morgan fingerprint density at radius 2 is 1.59 bits per heavy atom. The van der Waals surface area contributed by atoms with Gasteiger partial charge in [0.1, 0.15) is 17.2 Å². The Morgan fingerprint density at radius 3 is 2.07 bits per heavy atom. The van der Waals surface area contributed by atoms with E-state index in [0.717, 1.165) is 63.9 Å². The van der Waals surface area contributed by atoms with Gasteiger partial charge in [-0.3, -0.25) is 0 Å². The zero-order valence-electron chi connectivity index (χ0n) is 15.3. The third-order valence-electron chi connectivity index (χ3n) is 5.67. The molecule has 1 aliphatic heterocycles. The molecule has 1 aromatic carbocycles. The summed E-state index contributed by atoms with van der Waals surface area (Å²) in [6.07, 6.45) is 5.12. The van der Waals surface area contributed by atoms with Crippen LogP contribution in [0.1, 0.15) is 62.5 Å². The van der Waals surface area contributed by atoms with E-state index in [9.17, 15) is 17.6 Å². The van der Waals surface area contributed by atoms with Gasteiger partial charge in [0, 0.05) is 11.8 Å². The number of benzene rings is 1. The number of alkyl halides is 3. The van der Waals surface area contributed by atoms with Gasteiger partial charge in [-0.1, -0.05) is 13.3 Å². The van der Waals surface area contributed by atoms with Crippen LogP contribution in [0.2, 0.25) is 0 Å². The van der Waals surface area contributed by atoms with Crippen LogP contribution in [-0.2, 0) is 14.3 Å². The summed E-state index contributed by atoms with van der Waals surface area (Å²) in [7, 11) is 0. The maximum Gasteiger partial charge on any atom is 0.332 e. The average Bonchev–Trinajstić information content (AvgIpc) is 2.61. The summed E-state index contributed by atoms with van der Waals surface area (Å²) in [6.45, 7) is 3.58. The Bertz CT molecular complexity index is 610. The van der Waals surface area contributed by atoms with E-state index in [2.05, 4.69) is 6.92 Å². The predicted octanol–water partition coefficient (Wildman–Crippen LogP) is 6.47. The highest BCUT2D eigenvalue weighted by atomic mass is 79.9. The van der Waals surface area contributed by atoms with Crippen LogP contribution in [0, 0.1) is 23.5 Å². The average molecular weight is 453 g/mol. The molecule has 7 heteroatoms. The summed E-state index contributed by atoms with van der Waals surface area (Å²) >= 11 is 2.03. The lowest BCUT2D eigenvalue weighted by Gasteiger charge is -2.37. The second kappa shape index (κ2) is 8.78. The fourth-order valence-corrected chi connectivity index (χ4v) is 4.61. The molecule has 0 atom stereocenters. The molecule has 1 saturated carbocycles. The molecule has 0 spiro atoms. The summed E-state index contributed by atoms with van der Waals surface area (Å²) in [4.78, 5) is -3.72. The van der Waals surface area contributed by atoms with Gasteiger partial charge in [0.05, 0.1) is 13.2 Å². The number of rotatable bonds is 5. The van der Waals surface area contributed by atoms with Crippen molar-refractivity contribution in [3.05, 3.63) is 34.9 Å². The minimum absolute atomic E-state index is 0.0420. The highest BCUT2D eigenvalue weighted by Gasteiger charge is 2.37. The summed E-state index contributed by atoms with van der Waals surface area (Å²) in [5.74, 6) is -1.74. The van der Waals surface area contributed by atoms with Crippen molar-refractivity contribution in [3.8, 4) is 0 Å². The lowest BCUT2D eigenvalue weighted by Crippen LogP contribution is -2.38. The SMILES string of the molecule is CCCC1COC(C2CCC(c3cc(F)c(C(F)(F)Br)c(F)c3)CC2)OC1. The van der Waals surface area contributed by atoms with E-state index in [4.69, 9.17) is 9.47 Å². The Labute approximate surface area is 165 Å². The van der Waals surface area contributed by atoms with Crippen LogP contribution in [0.5, 0.6) is 0 Å². The van der Waals surface area contributed by atoms with Gasteiger partial charge in [0.25, 0.3) is 0 Å². The molecule has 2 aliphatic rings. The van der Waals surface area contributed by atoms with Crippen molar-refractivity contribution in [3.63, 3.8) is 0 Å². The zero-order valence-corrected chi connectivity index (χ0v) is 16.9. The molecule has 0 aromatic heterocycles. The van der Waals surface area contributed by atoms with Gasteiger partial charge in [-0.2, -0.15) is 8.78 Å². The second-order valence-corrected chi connectivity index (χ2v) is 8.65. The maximum atomic E-state index is 14.0. The van der Waals surface area contributed by atoms with Crippen molar-refractivity contribution in [2.75, 3.05) is 13.2 Å². The van der Waals surface area contributed by atoms with Gasteiger partial charge in [-0.25, -0.2) is 8.78 Å².